The van der Waals surface area contributed by atoms with E-state index in [1.807, 2.05) is 0 Å². The number of hydrogen-bond acceptors (Lipinski definition) is 10. The lowest BCUT2D eigenvalue weighted by Crippen LogP contribution is -2.30. The molecule has 1 unspecified atom stereocenters. The van der Waals surface area contributed by atoms with Crippen molar-refractivity contribution in [2.24, 2.45) is 4.40 Å². The molecule has 0 spiro atoms. The summed E-state index contributed by atoms with van der Waals surface area (Å²) in [4.78, 5) is 30.2. The van der Waals surface area contributed by atoms with Gasteiger partial charge in [0.25, 0.3) is 5.56 Å². The number of hydrogen-bond donors (Lipinski definition) is 5. The molecule has 12 nitrogen and oxygen atoms in total. The second-order valence-corrected chi connectivity index (χ2v) is 8.72. The number of para-hydroxylation sites is 1. The van der Waals surface area contributed by atoms with E-state index in [-0.39, 0.29) is 33.3 Å². The second-order valence-electron chi connectivity index (χ2n) is 7.06. The van der Waals surface area contributed by atoms with Gasteiger partial charge >= 0.3 is 5.88 Å². The summed E-state index contributed by atoms with van der Waals surface area (Å²) in [5.41, 5.74) is -0.479. The number of nitrogens with one attached hydrogen (secondary N) is 2. The maximum atomic E-state index is 13.1. The first-order valence-corrected chi connectivity index (χ1v) is 10.9. The number of nitrogens with zero attached hydrogens (tertiary/aromatic N) is 3. The average molecular weight is 469 g/mol. The van der Waals surface area contributed by atoms with Crippen LogP contribution in [0.4, 0.5) is 11.6 Å². The summed E-state index contributed by atoms with van der Waals surface area (Å²) < 4.78 is 30.3. The third-order valence-electron chi connectivity index (χ3n) is 5.05. The molecule has 0 saturated carbocycles. The highest BCUT2D eigenvalue weighted by Crippen LogP contribution is 2.55. The van der Waals surface area contributed by atoms with Gasteiger partial charge in [-0.2, -0.15) is 0 Å². The second kappa shape index (κ2) is 7.53. The average Bonchev–Trinajstić information content (AvgIpc) is 3.28. The van der Waals surface area contributed by atoms with Crippen LogP contribution in [0.15, 0.2) is 73.2 Å². The molecular weight excluding hydrogens is 454 g/mol. The number of benzene rings is 1. The molecule has 168 valence electrons. The lowest BCUT2D eigenvalue weighted by Gasteiger charge is -2.34. The first kappa shape index (κ1) is 20.8. The van der Waals surface area contributed by atoms with E-state index < -0.39 is 33.2 Å². The number of H-pyrrole nitrogens is 1. The summed E-state index contributed by atoms with van der Waals surface area (Å²) in [5.74, 6) is -0.980. The molecule has 0 amide bonds. The standard InChI is InChI=1S/C20H15N5O7S/c26-17(12-7-8-14(32-12)25(28)29)15-10-4-3-9-21-18(10)23-20(27)16(15)19-22-11-5-1-2-6-13(11)33(30,31)24-19/h1-9,17,26,30-31H,(H,22,24)(H,21,23,27). The maximum Gasteiger partial charge on any atom is 0.433 e. The number of aromatic nitrogens is 2. The van der Waals surface area contributed by atoms with Gasteiger partial charge in [-0.3, -0.25) is 24.0 Å². The molecule has 33 heavy (non-hydrogen) atoms. The van der Waals surface area contributed by atoms with Gasteiger partial charge in [0.1, 0.15) is 27.3 Å². The SMILES string of the molecule is O=c1[nH]c2ncccc2c(C(O)c2ccc([N+](=O)[O-])o2)c1C1=NS(O)(O)c2ccccc2N1. The molecule has 0 fully saturated rings. The number of furan rings is 1. The number of aliphatic hydroxyl groups excluding tert-OH is 1. The van der Waals surface area contributed by atoms with Gasteiger partial charge in [-0.25, -0.2) is 4.98 Å². The lowest BCUT2D eigenvalue weighted by atomic mass is 9.97. The fourth-order valence-electron chi connectivity index (χ4n) is 3.64. The molecule has 0 aliphatic carbocycles. The van der Waals surface area contributed by atoms with E-state index in [2.05, 4.69) is 19.7 Å². The zero-order valence-corrected chi connectivity index (χ0v) is 17.3. The van der Waals surface area contributed by atoms with E-state index in [0.717, 1.165) is 6.07 Å². The molecule has 3 aromatic heterocycles. The fraction of sp³-hybridized carbons (Fsp3) is 0.0500. The minimum Gasteiger partial charge on any atom is -0.403 e. The van der Waals surface area contributed by atoms with Gasteiger partial charge in [0, 0.05) is 17.1 Å². The predicted octanol–water partition coefficient (Wildman–Crippen LogP) is 3.40. The summed E-state index contributed by atoms with van der Waals surface area (Å²) in [7, 11) is -3.66. The Kier molecular flexibility index (Phi) is 4.75. The summed E-state index contributed by atoms with van der Waals surface area (Å²) in [6, 6.07) is 11.8. The smallest absolute Gasteiger partial charge is 0.403 e. The van der Waals surface area contributed by atoms with Crippen LogP contribution in [0.5, 0.6) is 0 Å². The Balaban J connectivity index is 1.77. The monoisotopic (exact) mass is 469 g/mol. The largest absolute Gasteiger partial charge is 0.433 e. The Hall–Kier alpha value is -4.04. The third kappa shape index (κ3) is 3.44. The van der Waals surface area contributed by atoms with Gasteiger partial charge in [0.15, 0.2) is 5.84 Å². The normalized spacial score (nSPS) is 16.4. The van der Waals surface area contributed by atoms with Gasteiger partial charge in [-0.15, -0.1) is 4.40 Å². The number of aromatic amines is 1. The molecule has 1 aromatic carbocycles. The highest BCUT2D eigenvalue weighted by Gasteiger charge is 2.32. The minimum atomic E-state index is -3.66. The van der Waals surface area contributed by atoms with Crippen LogP contribution < -0.4 is 10.9 Å². The highest BCUT2D eigenvalue weighted by atomic mass is 32.3. The summed E-state index contributed by atoms with van der Waals surface area (Å²) in [6.07, 6.45) is -0.194. The maximum absolute atomic E-state index is 13.1. The van der Waals surface area contributed by atoms with Crippen molar-refractivity contribution in [1.82, 2.24) is 9.97 Å². The first-order valence-electron chi connectivity index (χ1n) is 9.44. The topological polar surface area (TPSA) is 187 Å². The van der Waals surface area contributed by atoms with Gasteiger partial charge in [0.2, 0.25) is 0 Å². The molecule has 1 aliphatic rings. The minimum absolute atomic E-state index is 0.0214. The molecule has 0 saturated heterocycles. The molecule has 4 heterocycles. The van der Waals surface area contributed by atoms with Gasteiger partial charge in [-0.1, -0.05) is 22.9 Å². The summed E-state index contributed by atoms with van der Waals surface area (Å²) >= 11 is 0. The van der Waals surface area contributed by atoms with Crippen LogP contribution in [0, 0.1) is 10.1 Å². The zero-order valence-electron chi connectivity index (χ0n) is 16.5. The molecule has 13 heteroatoms. The van der Waals surface area contributed by atoms with Crippen molar-refractivity contribution >= 4 is 39.2 Å². The van der Waals surface area contributed by atoms with Gasteiger partial charge in [-0.05, 0) is 30.3 Å². The Labute approximate surface area is 185 Å². The van der Waals surface area contributed by atoms with E-state index in [4.69, 9.17) is 4.42 Å². The predicted molar refractivity (Wildman–Crippen MR) is 120 cm³/mol. The lowest BCUT2D eigenvalue weighted by molar-refractivity contribution is -0.402. The Morgan fingerprint density at radius 1 is 1.12 bits per heavy atom. The zero-order chi connectivity index (χ0) is 23.3. The number of amidine groups is 1. The molecule has 0 bridgehead atoms. The fourth-order valence-corrected chi connectivity index (χ4v) is 4.81. The summed E-state index contributed by atoms with van der Waals surface area (Å²) in [5, 5.41) is 25.4. The van der Waals surface area contributed by atoms with Crippen LogP contribution in [0.1, 0.15) is 23.0 Å². The number of fused-ring (bicyclic) bond motifs is 2. The number of anilines is 1. The van der Waals surface area contributed by atoms with Crippen molar-refractivity contribution in [3.05, 3.63) is 92.1 Å². The molecule has 0 radical (unpaired) electrons. The van der Waals surface area contributed by atoms with E-state index in [1.54, 1.807) is 30.3 Å². The van der Waals surface area contributed by atoms with E-state index in [9.17, 15) is 29.1 Å². The van der Waals surface area contributed by atoms with Crippen molar-refractivity contribution in [1.29, 1.82) is 0 Å². The first-order chi connectivity index (χ1) is 15.8. The van der Waals surface area contributed by atoms with Crippen LogP contribution >= 0.6 is 10.8 Å². The van der Waals surface area contributed by atoms with Crippen molar-refractivity contribution in [3.63, 3.8) is 0 Å². The number of pyridine rings is 2. The van der Waals surface area contributed by atoms with Crippen LogP contribution in [-0.4, -0.2) is 34.9 Å². The summed E-state index contributed by atoms with van der Waals surface area (Å²) in [6.45, 7) is 0. The molecule has 4 aromatic rings. The Morgan fingerprint density at radius 2 is 1.91 bits per heavy atom. The third-order valence-corrected chi connectivity index (χ3v) is 6.44. The van der Waals surface area contributed by atoms with E-state index in [1.165, 1.54) is 18.3 Å². The number of rotatable bonds is 4. The van der Waals surface area contributed by atoms with E-state index >= 15 is 0 Å². The van der Waals surface area contributed by atoms with Crippen molar-refractivity contribution in [2.75, 3.05) is 5.32 Å². The van der Waals surface area contributed by atoms with Gasteiger partial charge < -0.3 is 19.8 Å². The molecule has 1 atom stereocenters. The number of aliphatic hydroxyl groups is 1. The van der Waals surface area contributed by atoms with Crippen molar-refractivity contribution in [3.8, 4) is 0 Å². The molecular formula is C20H15N5O7S. The highest BCUT2D eigenvalue weighted by molar-refractivity contribution is 8.23. The van der Waals surface area contributed by atoms with Crippen LogP contribution in [0.25, 0.3) is 11.0 Å². The van der Waals surface area contributed by atoms with E-state index in [0.29, 0.717) is 11.1 Å². The molecule has 5 N–H and O–H groups in total. The Bertz CT molecular complexity index is 1510. The van der Waals surface area contributed by atoms with Crippen LogP contribution in [-0.2, 0) is 0 Å². The van der Waals surface area contributed by atoms with Crippen LogP contribution in [0.3, 0.4) is 0 Å². The number of nitro groups is 1. The quantitative estimate of drug-likeness (QED) is 0.220. The van der Waals surface area contributed by atoms with Crippen molar-refractivity contribution < 1.29 is 23.6 Å². The van der Waals surface area contributed by atoms with Crippen molar-refractivity contribution in [2.45, 2.75) is 11.0 Å². The Morgan fingerprint density at radius 3 is 2.67 bits per heavy atom. The molecule has 5 rings (SSSR count). The molecule has 1 aliphatic heterocycles. The van der Waals surface area contributed by atoms with Crippen LogP contribution in [0.2, 0.25) is 0 Å². The van der Waals surface area contributed by atoms with Gasteiger partial charge in [0.05, 0.1) is 17.3 Å².